The molecule has 0 aliphatic rings. The molecular formula is C12H18FNO. The molecule has 1 unspecified atom stereocenters. The number of halogens is 1. The van der Waals surface area contributed by atoms with Crippen LogP contribution in [0.25, 0.3) is 0 Å². The number of alkyl halides is 1. The van der Waals surface area contributed by atoms with Crippen LogP contribution in [-0.4, -0.2) is 20.7 Å². The molecule has 15 heavy (non-hydrogen) atoms. The third kappa shape index (κ3) is 2.93. The summed E-state index contributed by atoms with van der Waals surface area (Å²) in [6, 6.07) is 7.23. The first kappa shape index (κ1) is 12.0. The van der Waals surface area contributed by atoms with Gasteiger partial charge in [-0.3, -0.25) is 0 Å². The first-order valence-electron chi connectivity index (χ1n) is 5.09. The molecule has 0 aliphatic heterocycles. The molecule has 3 heteroatoms. The Labute approximate surface area is 90.4 Å². The fourth-order valence-corrected chi connectivity index (χ4v) is 1.57. The van der Waals surface area contributed by atoms with Gasteiger partial charge in [0.05, 0.1) is 7.11 Å². The van der Waals surface area contributed by atoms with Crippen molar-refractivity contribution in [2.45, 2.75) is 19.0 Å². The molecular weight excluding hydrogens is 193 g/mol. The standard InChI is InChI=1S/C12H18FNO/c1-12(13,8-9-14-2)10-6-4-5-7-11(10)15-3/h4-7,14H,8-9H2,1-3H3. The number of benzene rings is 1. The normalized spacial score (nSPS) is 14.7. The van der Waals surface area contributed by atoms with Crippen LogP contribution in [0.15, 0.2) is 24.3 Å². The second kappa shape index (κ2) is 5.12. The zero-order chi connectivity index (χ0) is 11.3. The van der Waals surface area contributed by atoms with Gasteiger partial charge in [-0.15, -0.1) is 0 Å². The summed E-state index contributed by atoms with van der Waals surface area (Å²) in [5.74, 6) is 0.610. The van der Waals surface area contributed by atoms with E-state index in [0.29, 0.717) is 24.3 Å². The quantitative estimate of drug-likeness (QED) is 0.808. The topological polar surface area (TPSA) is 21.3 Å². The zero-order valence-corrected chi connectivity index (χ0v) is 9.51. The SMILES string of the molecule is CNCCC(C)(F)c1ccccc1OC. The van der Waals surface area contributed by atoms with Crippen LogP contribution in [0.2, 0.25) is 0 Å². The summed E-state index contributed by atoms with van der Waals surface area (Å²) in [7, 11) is 3.38. The summed E-state index contributed by atoms with van der Waals surface area (Å²) in [4.78, 5) is 0. The van der Waals surface area contributed by atoms with Gasteiger partial charge in [-0.2, -0.15) is 0 Å². The fraction of sp³-hybridized carbons (Fsp3) is 0.500. The second-order valence-electron chi connectivity index (χ2n) is 3.75. The van der Waals surface area contributed by atoms with Gasteiger partial charge in [0.25, 0.3) is 0 Å². The van der Waals surface area contributed by atoms with Crippen LogP contribution >= 0.6 is 0 Å². The molecule has 2 nitrogen and oxygen atoms in total. The van der Waals surface area contributed by atoms with E-state index in [1.165, 1.54) is 0 Å². The van der Waals surface area contributed by atoms with Crippen LogP contribution in [0.5, 0.6) is 5.75 Å². The van der Waals surface area contributed by atoms with Crippen molar-refractivity contribution in [1.82, 2.24) is 5.32 Å². The summed E-state index contributed by atoms with van der Waals surface area (Å²) >= 11 is 0. The van der Waals surface area contributed by atoms with Crippen LogP contribution in [0.1, 0.15) is 18.9 Å². The molecule has 1 atom stereocenters. The molecule has 0 saturated carbocycles. The lowest BCUT2D eigenvalue weighted by molar-refractivity contribution is 0.171. The van der Waals surface area contributed by atoms with E-state index in [2.05, 4.69) is 5.32 Å². The van der Waals surface area contributed by atoms with E-state index in [1.807, 2.05) is 19.2 Å². The maximum atomic E-state index is 14.3. The number of hydrogen-bond donors (Lipinski definition) is 1. The van der Waals surface area contributed by atoms with E-state index in [0.717, 1.165) is 0 Å². The number of rotatable bonds is 5. The van der Waals surface area contributed by atoms with Gasteiger partial charge < -0.3 is 10.1 Å². The third-order valence-corrected chi connectivity index (χ3v) is 2.51. The zero-order valence-electron chi connectivity index (χ0n) is 9.51. The molecule has 1 N–H and O–H groups in total. The molecule has 84 valence electrons. The van der Waals surface area contributed by atoms with E-state index in [4.69, 9.17) is 4.74 Å². The maximum Gasteiger partial charge on any atom is 0.138 e. The number of ether oxygens (including phenoxy) is 1. The van der Waals surface area contributed by atoms with Crippen molar-refractivity contribution in [2.24, 2.45) is 0 Å². The molecule has 0 amide bonds. The van der Waals surface area contributed by atoms with Gasteiger partial charge in [0.2, 0.25) is 0 Å². The van der Waals surface area contributed by atoms with Crippen molar-refractivity contribution < 1.29 is 9.13 Å². The van der Waals surface area contributed by atoms with Crippen LogP contribution in [-0.2, 0) is 5.67 Å². The summed E-state index contributed by atoms with van der Waals surface area (Å²) < 4.78 is 19.5. The maximum absolute atomic E-state index is 14.3. The lowest BCUT2D eigenvalue weighted by atomic mass is 9.93. The van der Waals surface area contributed by atoms with E-state index in [9.17, 15) is 4.39 Å². The monoisotopic (exact) mass is 211 g/mol. The molecule has 0 aliphatic carbocycles. The molecule has 1 aromatic rings. The molecule has 0 radical (unpaired) electrons. The molecule has 0 saturated heterocycles. The highest BCUT2D eigenvalue weighted by atomic mass is 19.1. The first-order chi connectivity index (χ1) is 7.11. The molecule has 0 spiro atoms. The minimum absolute atomic E-state index is 0.434. The lowest BCUT2D eigenvalue weighted by Gasteiger charge is -2.22. The number of para-hydroxylation sites is 1. The van der Waals surface area contributed by atoms with Crippen LogP contribution in [0.3, 0.4) is 0 Å². The molecule has 1 aromatic carbocycles. The van der Waals surface area contributed by atoms with Gasteiger partial charge in [0.1, 0.15) is 11.4 Å². The highest BCUT2D eigenvalue weighted by Gasteiger charge is 2.28. The van der Waals surface area contributed by atoms with E-state index in [-0.39, 0.29) is 0 Å². The van der Waals surface area contributed by atoms with Crippen molar-refractivity contribution >= 4 is 0 Å². The minimum atomic E-state index is -1.35. The lowest BCUT2D eigenvalue weighted by Crippen LogP contribution is -2.22. The summed E-state index contributed by atoms with van der Waals surface area (Å²) in [6.45, 7) is 2.23. The molecule has 1 rings (SSSR count). The van der Waals surface area contributed by atoms with Gasteiger partial charge in [0.15, 0.2) is 0 Å². The highest BCUT2D eigenvalue weighted by molar-refractivity contribution is 5.37. The van der Waals surface area contributed by atoms with Crippen molar-refractivity contribution in [3.63, 3.8) is 0 Å². The number of nitrogens with one attached hydrogen (secondary N) is 1. The first-order valence-corrected chi connectivity index (χ1v) is 5.09. The average Bonchev–Trinajstić information content (AvgIpc) is 2.26. The van der Waals surface area contributed by atoms with Crippen molar-refractivity contribution in [3.8, 4) is 5.75 Å². The Morgan fingerprint density at radius 2 is 2.07 bits per heavy atom. The largest absolute Gasteiger partial charge is 0.496 e. The Morgan fingerprint density at radius 3 is 2.67 bits per heavy atom. The van der Waals surface area contributed by atoms with E-state index in [1.54, 1.807) is 26.2 Å². The van der Waals surface area contributed by atoms with Gasteiger partial charge in [-0.1, -0.05) is 18.2 Å². The smallest absolute Gasteiger partial charge is 0.138 e. The Morgan fingerprint density at radius 1 is 1.40 bits per heavy atom. The Bertz CT molecular complexity index is 312. The Kier molecular flexibility index (Phi) is 4.09. The Hall–Kier alpha value is -1.09. The summed E-state index contributed by atoms with van der Waals surface area (Å²) in [6.07, 6.45) is 0.434. The summed E-state index contributed by atoms with van der Waals surface area (Å²) in [5, 5.41) is 2.95. The molecule has 0 fully saturated rings. The van der Waals surface area contributed by atoms with Crippen LogP contribution in [0.4, 0.5) is 4.39 Å². The van der Waals surface area contributed by atoms with Gasteiger partial charge in [-0.05, 0) is 33.0 Å². The van der Waals surface area contributed by atoms with Crippen molar-refractivity contribution in [3.05, 3.63) is 29.8 Å². The fourth-order valence-electron chi connectivity index (χ4n) is 1.57. The van der Waals surface area contributed by atoms with E-state index < -0.39 is 5.67 Å². The third-order valence-electron chi connectivity index (χ3n) is 2.51. The summed E-state index contributed by atoms with van der Waals surface area (Å²) in [5.41, 5.74) is -0.738. The van der Waals surface area contributed by atoms with Crippen molar-refractivity contribution in [1.29, 1.82) is 0 Å². The second-order valence-corrected chi connectivity index (χ2v) is 3.75. The molecule has 0 aromatic heterocycles. The molecule has 0 bridgehead atoms. The number of methoxy groups -OCH3 is 1. The predicted molar refractivity (Wildman–Crippen MR) is 60.0 cm³/mol. The van der Waals surface area contributed by atoms with E-state index >= 15 is 0 Å². The van der Waals surface area contributed by atoms with Gasteiger partial charge >= 0.3 is 0 Å². The molecule has 0 heterocycles. The van der Waals surface area contributed by atoms with Gasteiger partial charge in [0, 0.05) is 5.56 Å². The predicted octanol–water partition coefficient (Wildman–Crippen LogP) is 2.49. The van der Waals surface area contributed by atoms with Crippen LogP contribution < -0.4 is 10.1 Å². The van der Waals surface area contributed by atoms with Gasteiger partial charge in [-0.25, -0.2) is 4.39 Å². The average molecular weight is 211 g/mol. The minimum Gasteiger partial charge on any atom is -0.496 e. The van der Waals surface area contributed by atoms with Crippen molar-refractivity contribution in [2.75, 3.05) is 20.7 Å². The number of hydrogen-bond acceptors (Lipinski definition) is 2. The highest BCUT2D eigenvalue weighted by Crippen LogP contribution is 2.35. The van der Waals surface area contributed by atoms with Crippen LogP contribution in [0, 0.1) is 0 Å². The Balaban J connectivity index is 2.92.